The molecule has 0 heterocycles. The summed E-state index contributed by atoms with van der Waals surface area (Å²) in [5.41, 5.74) is 1.78. The minimum absolute atomic E-state index is 0.000574. The second-order valence-electron chi connectivity index (χ2n) is 5.10. The van der Waals surface area contributed by atoms with Crippen molar-refractivity contribution >= 4 is 11.6 Å². The fourth-order valence-corrected chi connectivity index (χ4v) is 2.59. The van der Waals surface area contributed by atoms with Crippen LogP contribution in [0, 0.1) is 5.92 Å². The summed E-state index contributed by atoms with van der Waals surface area (Å²) in [6.45, 7) is 4.88. The summed E-state index contributed by atoms with van der Waals surface area (Å²) in [5, 5.41) is 6.37. The highest BCUT2D eigenvalue weighted by Crippen LogP contribution is 2.28. The number of anilines is 1. The molecule has 0 aliphatic heterocycles. The molecule has 3 nitrogen and oxygen atoms in total. The van der Waals surface area contributed by atoms with Crippen molar-refractivity contribution in [1.82, 2.24) is 5.32 Å². The summed E-state index contributed by atoms with van der Waals surface area (Å²) >= 11 is 0. The number of hydrogen-bond donors (Lipinski definition) is 2. The van der Waals surface area contributed by atoms with Gasteiger partial charge >= 0.3 is 0 Å². The molecule has 2 atom stereocenters. The van der Waals surface area contributed by atoms with Crippen LogP contribution in [-0.4, -0.2) is 18.5 Å². The highest BCUT2D eigenvalue weighted by atomic mass is 16.1. The van der Waals surface area contributed by atoms with Gasteiger partial charge in [-0.25, -0.2) is 0 Å². The minimum Gasteiger partial charge on any atom is -0.382 e. The maximum Gasteiger partial charge on any atom is 0.251 e. The van der Waals surface area contributed by atoms with Crippen molar-refractivity contribution < 1.29 is 4.79 Å². The predicted molar refractivity (Wildman–Crippen MR) is 74.9 cm³/mol. The van der Waals surface area contributed by atoms with Gasteiger partial charge in [0, 0.05) is 23.8 Å². The fraction of sp³-hybridized carbons (Fsp3) is 0.533. The van der Waals surface area contributed by atoms with Crippen LogP contribution in [0.25, 0.3) is 0 Å². The van der Waals surface area contributed by atoms with Gasteiger partial charge in [-0.05, 0) is 43.9 Å². The molecule has 2 rings (SSSR count). The van der Waals surface area contributed by atoms with Gasteiger partial charge in [-0.2, -0.15) is 0 Å². The second kappa shape index (κ2) is 5.89. The molecule has 1 fully saturated rings. The van der Waals surface area contributed by atoms with E-state index in [2.05, 4.69) is 17.6 Å². The predicted octanol–water partition coefficient (Wildman–Crippen LogP) is 3.04. The zero-order chi connectivity index (χ0) is 13.0. The van der Waals surface area contributed by atoms with Crippen molar-refractivity contribution in [1.29, 1.82) is 0 Å². The number of amides is 1. The van der Waals surface area contributed by atoms with Gasteiger partial charge in [0.15, 0.2) is 0 Å². The summed E-state index contributed by atoms with van der Waals surface area (Å²) < 4.78 is 0. The third-order valence-electron chi connectivity index (χ3n) is 3.68. The van der Waals surface area contributed by atoms with Crippen molar-refractivity contribution in [3.63, 3.8) is 0 Å². The lowest BCUT2D eigenvalue weighted by Gasteiger charge is -2.19. The van der Waals surface area contributed by atoms with E-state index in [1.165, 1.54) is 19.3 Å². The molecule has 98 valence electrons. The van der Waals surface area contributed by atoms with Gasteiger partial charge in [-0.3, -0.25) is 4.79 Å². The van der Waals surface area contributed by atoms with Crippen LogP contribution in [0.4, 0.5) is 5.69 Å². The topological polar surface area (TPSA) is 41.1 Å². The molecule has 1 aliphatic rings. The first-order valence-corrected chi connectivity index (χ1v) is 6.85. The second-order valence-corrected chi connectivity index (χ2v) is 5.10. The molecule has 0 radical (unpaired) electrons. The molecule has 1 amide bonds. The van der Waals surface area contributed by atoms with Gasteiger partial charge in [-0.15, -0.1) is 0 Å². The van der Waals surface area contributed by atoms with E-state index >= 15 is 0 Å². The Kier molecular flexibility index (Phi) is 4.24. The maximum atomic E-state index is 11.8. The van der Waals surface area contributed by atoms with Gasteiger partial charge in [0.1, 0.15) is 0 Å². The largest absolute Gasteiger partial charge is 0.382 e. The summed E-state index contributed by atoms with van der Waals surface area (Å²) in [4.78, 5) is 11.8. The first-order chi connectivity index (χ1) is 8.70. The third kappa shape index (κ3) is 3.03. The monoisotopic (exact) mass is 246 g/mol. The van der Waals surface area contributed by atoms with Crippen LogP contribution in [0.1, 0.15) is 43.5 Å². The van der Waals surface area contributed by atoms with E-state index < -0.39 is 0 Å². The molecule has 0 aromatic heterocycles. The summed E-state index contributed by atoms with van der Waals surface area (Å²) in [6, 6.07) is 8.32. The van der Waals surface area contributed by atoms with Crippen LogP contribution in [0.15, 0.2) is 24.3 Å². The number of carbonyl (C=O) groups is 1. The number of hydrogen-bond acceptors (Lipinski definition) is 2. The average molecular weight is 246 g/mol. The molecule has 2 unspecified atom stereocenters. The van der Waals surface area contributed by atoms with Gasteiger partial charge in [0.2, 0.25) is 0 Å². The molecule has 0 bridgehead atoms. The summed E-state index contributed by atoms with van der Waals surface area (Å²) in [5.74, 6) is 0.721. The smallest absolute Gasteiger partial charge is 0.251 e. The van der Waals surface area contributed by atoms with E-state index in [-0.39, 0.29) is 5.91 Å². The van der Waals surface area contributed by atoms with Crippen molar-refractivity contribution in [2.45, 2.75) is 39.2 Å². The SMILES string of the molecule is CCNC(=O)c1cccc(NC2CCCC2C)c1. The Labute approximate surface area is 109 Å². The van der Waals surface area contributed by atoms with Gasteiger partial charge < -0.3 is 10.6 Å². The van der Waals surface area contributed by atoms with Crippen LogP contribution >= 0.6 is 0 Å². The van der Waals surface area contributed by atoms with Gasteiger partial charge in [0.25, 0.3) is 5.91 Å². The lowest BCUT2D eigenvalue weighted by atomic mass is 10.1. The number of nitrogens with one attached hydrogen (secondary N) is 2. The Bertz CT molecular complexity index is 417. The molecule has 2 N–H and O–H groups in total. The van der Waals surface area contributed by atoms with Crippen LogP contribution in [0.5, 0.6) is 0 Å². The Balaban J connectivity index is 2.05. The lowest BCUT2D eigenvalue weighted by molar-refractivity contribution is 0.0956. The third-order valence-corrected chi connectivity index (χ3v) is 3.68. The molecule has 0 saturated heterocycles. The quantitative estimate of drug-likeness (QED) is 0.857. The number of rotatable bonds is 4. The maximum absolute atomic E-state index is 11.8. The van der Waals surface area contributed by atoms with E-state index in [1.807, 2.05) is 31.2 Å². The number of benzene rings is 1. The highest BCUT2D eigenvalue weighted by molar-refractivity contribution is 5.95. The van der Waals surface area contributed by atoms with Crippen LogP contribution < -0.4 is 10.6 Å². The van der Waals surface area contributed by atoms with Crippen molar-refractivity contribution in [2.75, 3.05) is 11.9 Å². The molecule has 1 aromatic carbocycles. The van der Waals surface area contributed by atoms with Crippen LogP contribution in [-0.2, 0) is 0 Å². The Morgan fingerprint density at radius 2 is 2.22 bits per heavy atom. The summed E-state index contributed by atoms with van der Waals surface area (Å²) in [7, 11) is 0. The fourth-order valence-electron chi connectivity index (χ4n) is 2.59. The first kappa shape index (κ1) is 12.9. The summed E-state index contributed by atoms with van der Waals surface area (Å²) in [6.07, 6.45) is 3.83. The first-order valence-electron chi connectivity index (χ1n) is 6.85. The normalized spacial score (nSPS) is 22.8. The zero-order valence-electron chi connectivity index (χ0n) is 11.2. The molecule has 1 saturated carbocycles. The Morgan fingerprint density at radius 1 is 1.39 bits per heavy atom. The van der Waals surface area contributed by atoms with Crippen molar-refractivity contribution in [2.24, 2.45) is 5.92 Å². The average Bonchev–Trinajstić information content (AvgIpc) is 2.76. The Morgan fingerprint density at radius 3 is 2.89 bits per heavy atom. The van der Waals surface area contributed by atoms with E-state index in [1.54, 1.807) is 0 Å². The standard InChI is InChI=1S/C15H22N2O/c1-3-16-15(18)12-7-5-8-13(10-12)17-14-9-4-6-11(14)2/h5,7-8,10-11,14,17H,3-4,6,9H2,1-2H3,(H,16,18). The minimum atomic E-state index is 0.000574. The lowest BCUT2D eigenvalue weighted by Crippen LogP contribution is -2.24. The highest BCUT2D eigenvalue weighted by Gasteiger charge is 2.22. The molecular formula is C15H22N2O. The van der Waals surface area contributed by atoms with Crippen molar-refractivity contribution in [3.05, 3.63) is 29.8 Å². The van der Waals surface area contributed by atoms with Crippen molar-refractivity contribution in [3.8, 4) is 0 Å². The molecule has 18 heavy (non-hydrogen) atoms. The van der Waals surface area contributed by atoms with E-state index in [0.29, 0.717) is 12.6 Å². The van der Waals surface area contributed by atoms with Gasteiger partial charge in [0.05, 0.1) is 0 Å². The zero-order valence-corrected chi connectivity index (χ0v) is 11.2. The molecule has 3 heteroatoms. The van der Waals surface area contributed by atoms with E-state index in [9.17, 15) is 4.79 Å². The number of carbonyl (C=O) groups excluding carboxylic acids is 1. The van der Waals surface area contributed by atoms with E-state index in [4.69, 9.17) is 0 Å². The molecular weight excluding hydrogens is 224 g/mol. The Hall–Kier alpha value is -1.51. The molecule has 1 aromatic rings. The molecule has 1 aliphatic carbocycles. The van der Waals surface area contributed by atoms with Crippen LogP contribution in [0.3, 0.4) is 0 Å². The van der Waals surface area contributed by atoms with Gasteiger partial charge in [-0.1, -0.05) is 19.4 Å². The molecule has 0 spiro atoms. The van der Waals surface area contributed by atoms with Crippen LogP contribution in [0.2, 0.25) is 0 Å². The van der Waals surface area contributed by atoms with E-state index in [0.717, 1.165) is 17.2 Å².